The van der Waals surface area contributed by atoms with E-state index in [4.69, 9.17) is 4.74 Å². The highest BCUT2D eigenvalue weighted by Gasteiger charge is 2.59. The van der Waals surface area contributed by atoms with Crippen molar-refractivity contribution in [3.8, 4) is 0 Å². The van der Waals surface area contributed by atoms with Gasteiger partial charge in [0, 0.05) is 18.8 Å². The first kappa shape index (κ1) is 26.1. The second-order valence-corrected chi connectivity index (χ2v) is 14.7. The number of allylic oxidation sites excluding steroid dienone is 1. The molecule has 0 aromatic heterocycles. The van der Waals surface area contributed by atoms with Gasteiger partial charge in [-0.1, -0.05) is 33.1 Å². The molecule has 0 saturated heterocycles. The molecule has 9 unspecified atom stereocenters. The highest BCUT2D eigenvalue weighted by Crippen LogP contribution is 2.67. The molecular weight excluding hydrogens is 450 g/mol. The molecule has 5 aliphatic rings. The zero-order valence-electron chi connectivity index (χ0n) is 23.0. The topological polar surface area (TPSA) is 38.3 Å². The Balaban J connectivity index is 1.19. The van der Waals surface area contributed by atoms with Gasteiger partial charge in [-0.05, 0) is 117 Å². The molecule has 198 valence electrons. The molecule has 0 spiro atoms. The minimum Gasteiger partial charge on any atom is -0.384 e. The quantitative estimate of drug-likeness (QED) is 0.347. The van der Waals surface area contributed by atoms with Gasteiger partial charge in [0.1, 0.15) is 0 Å². The van der Waals surface area contributed by atoms with Crippen LogP contribution >= 0.6 is 11.8 Å². The normalized spacial score (nSPS) is 44.1. The van der Waals surface area contributed by atoms with Crippen LogP contribution < -0.4 is 5.32 Å². The first-order valence-electron chi connectivity index (χ1n) is 14.9. The summed E-state index contributed by atoms with van der Waals surface area (Å²) in [5.41, 5.74) is 3.22. The molecule has 0 aromatic rings. The first-order valence-corrected chi connectivity index (χ1v) is 16.0. The van der Waals surface area contributed by atoms with Gasteiger partial charge in [-0.2, -0.15) is 0 Å². The fourth-order valence-electron chi connectivity index (χ4n) is 10.0. The first-order chi connectivity index (χ1) is 16.9. The van der Waals surface area contributed by atoms with E-state index in [9.17, 15) is 4.79 Å². The van der Waals surface area contributed by atoms with Crippen molar-refractivity contribution in [2.24, 2.45) is 46.3 Å². The Morgan fingerprint density at radius 1 is 1.06 bits per heavy atom. The van der Waals surface area contributed by atoms with Crippen LogP contribution in [-0.4, -0.2) is 31.1 Å². The summed E-state index contributed by atoms with van der Waals surface area (Å²) in [4.78, 5) is 11.5. The summed E-state index contributed by atoms with van der Waals surface area (Å²) in [5, 5.41) is 3.82. The van der Waals surface area contributed by atoms with E-state index in [1.807, 2.05) is 18.9 Å². The number of thioether (sulfide) groups is 1. The van der Waals surface area contributed by atoms with Gasteiger partial charge in [-0.25, -0.2) is 0 Å². The standard InChI is InChI=1S/C31H51NO2S/c1-21-20-35-29(32-28(21)18-33)22(19-34-4)8-7-10-24-12-14-26-25-13-11-23-9-5-6-16-30(23,2)27(25)15-17-31(24,26)3/h18,22-27,29,32H,5-17,19-20H2,1-4H3. The molecule has 0 bridgehead atoms. The molecule has 0 radical (unpaired) electrons. The molecule has 5 rings (SSSR count). The van der Waals surface area contributed by atoms with Crippen LogP contribution in [0.25, 0.3) is 0 Å². The lowest BCUT2D eigenvalue weighted by atomic mass is 9.45. The molecule has 1 N–H and O–H groups in total. The van der Waals surface area contributed by atoms with Crippen molar-refractivity contribution in [1.82, 2.24) is 5.32 Å². The molecule has 4 fully saturated rings. The van der Waals surface area contributed by atoms with Crippen molar-refractivity contribution in [2.75, 3.05) is 19.5 Å². The Morgan fingerprint density at radius 3 is 2.69 bits per heavy atom. The molecule has 3 nitrogen and oxygen atoms in total. The average Bonchev–Trinajstić information content (AvgIpc) is 3.20. The molecule has 4 heteroatoms. The number of fused-ring (bicyclic) bond motifs is 5. The number of rotatable bonds is 8. The van der Waals surface area contributed by atoms with Gasteiger partial charge in [0.25, 0.3) is 0 Å². The fraction of sp³-hybridized carbons (Fsp3) is 0.903. The Labute approximate surface area is 219 Å². The molecule has 0 amide bonds. The molecule has 1 aliphatic heterocycles. The summed E-state index contributed by atoms with van der Waals surface area (Å²) >= 11 is 1.95. The van der Waals surface area contributed by atoms with E-state index in [0.29, 0.717) is 22.1 Å². The molecular formula is C31H51NO2S. The van der Waals surface area contributed by atoms with E-state index in [-0.39, 0.29) is 0 Å². The summed E-state index contributed by atoms with van der Waals surface area (Å²) < 4.78 is 5.64. The maximum atomic E-state index is 11.5. The van der Waals surface area contributed by atoms with Crippen molar-refractivity contribution in [2.45, 2.75) is 110 Å². The number of hydrogen-bond acceptors (Lipinski definition) is 4. The van der Waals surface area contributed by atoms with Crippen molar-refractivity contribution in [1.29, 1.82) is 0 Å². The van der Waals surface area contributed by atoms with Crippen molar-refractivity contribution >= 4 is 18.0 Å². The molecule has 1 heterocycles. The number of methoxy groups -OCH3 is 1. The van der Waals surface area contributed by atoms with Gasteiger partial charge in [-0.3, -0.25) is 4.79 Å². The largest absolute Gasteiger partial charge is 0.384 e. The Kier molecular flexibility index (Phi) is 8.00. The third-order valence-electron chi connectivity index (χ3n) is 12.1. The highest BCUT2D eigenvalue weighted by molar-refractivity contribution is 8.00. The zero-order valence-corrected chi connectivity index (χ0v) is 23.8. The van der Waals surface area contributed by atoms with Crippen LogP contribution in [-0.2, 0) is 9.53 Å². The summed E-state index contributed by atoms with van der Waals surface area (Å²) in [7, 11) is 1.82. The van der Waals surface area contributed by atoms with Crippen LogP contribution in [0.1, 0.15) is 104 Å². The van der Waals surface area contributed by atoms with Crippen LogP contribution in [0.2, 0.25) is 0 Å². The number of nitrogens with one attached hydrogen (secondary N) is 1. The summed E-state index contributed by atoms with van der Waals surface area (Å²) in [6.07, 6.45) is 19.9. The van der Waals surface area contributed by atoms with Gasteiger partial charge in [0.15, 0.2) is 6.29 Å². The SMILES string of the molecule is COCC(CCCC1CCC2C3CCC4CCCCC4(C)C3CCC12C)C1NC(C=O)=C(C)CS1. The lowest BCUT2D eigenvalue weighted by Crippen LogP contribution is -2.52. The monoisotopic (exact) mass is 501 g/mol. The zero-order chi connectivity index (χ0) is 24.6. The van der Waals surface area contributed by atoms with E-state index < -0.39 is 0 Å². The molecule has 4 saturated carbocycles. The number of carbonyl (C=O) groups excluding carboxylic acids is 1. The maximum absolute atomic E-state index is 11.5. The van der Waals surface area contributed by atoms with Gasteiger partial charge in [-0.15, -0.1) is 11.8 Å². The van der Waals surface area contributed by atoms with Gasteiger partial charge in [0.05, 0.1) is 17.7 Å². The van der Waals surface area contributed by atoms with Gasteiger partial charge < -0.3 is 10.1 Å². The van der Waals surface area contributed by atoms with E-state index in [1.54, 1.807) is 0 Å². The highest BCUT2D eigenvalue weighted by atomic mass is 32.2. The van der Waals surface area contributed by atoms with E-state index in [2.05, 4.69) is 26.1 Å². The van der Waals surface area contributed by atoms with Crippen LogP contribution in [0.3, 0.4) is 0 Å². The van der Waals surface area contributed by atoms with Crippen molar-refractivity contribution in [3.63, 3.8) is 0 Å². The minimum atomic E-state index is 0.299. The minimum absolute atomic E-state index is 0.299. The second kappa shape index (κ2) is 10.7. The van der Waals surface area contributed by atoms with E-state index in [1.165, 1.54) is 89.0 Å². The predicted octanol–water partition coefficient (Wildman–Crippen LogP) is 7.60. The molecule has 0 aromatic carbocycles. The van der Waals surface area contributed by atoms with Crippen molar-refractivity contribution in [3.05, 3.63) is 11.3 Å². The fourth-order valence-corrected chi connectivity index (χ4v) is 11.3. The van der Waals surface area contributed by atoms with Crippen LogP contribution in [0.5, 0.6) is 0 Å². The lowest BCUT2D eigenvalue weighted by Gasteiger charge is -2.60. The van der Waals surface area contributed by atoms with E-state index >= 15 is 0 Å². The third kappa shape index (κ3) is 4.77. The third-order valence-corrected chi connectivity index (χ3v) is 13.5. The van der Waals surface area contributed by atoms with Gasteiger partial charge in [0.2, 0.25) is 0 Å². The van der Waals surface area contributed by atoms with Gasteiger partial charge >= 0.3 is 0 Å². The molecule has 35 heavy (non-hydrogen) atoms. The second-order valence-electron chi connectivity index (χ2n) is 13.6. The average molecular weight is 502 g/mol. The van der Waals surface area contributed by atoms with Crippen LogP contribution in [0.15, 0.2) is 11.3 Å². The van der Waals surface area contributed by atoms with Crippen LogP contribution in [0.4, 0.5) is 0 Å². The van der Waals surface area contributed by atoms with E-state index in [0.717, 1.165) is 53.9 Å². The predicted molar refractivity (Wildman–Crippen MR) is 147 cm³/mol. The Bertz CT molecular complexity index is 797. The summed E-state index contributed by atoms with van der Waals surface area (Å²) in [6.45, 7) is 8.26. The lowest BCUT2D eigenvalue weighted by molar-refractivity contribution is -0.111. The summed E-state index contributed by atoms with van der Waals surface area (Å²) in [5.74, 6) is 6.38. The number of hydrogen-bond donors (Lipinski definition) is 1. The van der Waals surface area contributed by atoms with Crippen LogP contribution in [0, 0.1) is 46.3 Å². The maximum Gasteiger partial charge on any atom is 0.165 e. The number of carbonyl (C=O) groups is 1. The number of ether oxygens (including phenoxy) is 1. The molecule has 4 aliphatic carbocycles. The smallest absolute Gasteiger partial charge is 0.165 e. The summed E-state index contributed by atoms with van der Waals surface area (Å²) in [6, 6.07) is 0. The molecule has 9 atom stereocenters. The number of aldehydes is 1. The Morgan fingerprint density at radius 2 is 1.89 bits per heavy atom. The Hall–Kier alpha value is -0.480. The van der Waals surface area contributed by atoms with Crippen molar-refractivity contribution < 1.29 is 9.53 Å².